The minimum absolute atomic E-state index is 0.0836. The summed E-state index contributed by atoms with van der Waals surface area (Å²) >= 11 is 0. The third kappa shape index (κ3) is 8.03. The molecule has 0 unspecified atom stereocenters. The standard InChI is InChI=1S/C39H50O6/c1-36(2,3)25-18-20-29(27(22-25)38(7,8)9)42-33(40)31-32(45-35(44-31)24-16-14-13-15-17-24)34(41)43-30-21-19-26(37(4,5)6)23-28(30)39(10,11)12/h13-23,31-32,35H,1-12H3/t31-,32-/m1/s1. The zero-order chi connectivity index (χ0) is 33.5. The van der Waals surface area contributed by atoms with Crippen LogP contribution in [-0.4, -0.2) is 24.1 Å². The van der Waals surface area contributed by atoms with Gasteiger partial charge in [0, 0.05) is 16.7 Å². The average Bonchev–Trinajstić information content (AvgIpc) is 3.38. The van der Waals surface area contributed by atoms with E-state index in [0.29, 0.717) is 17.1 Å². The van der Waals surface area contributed by atoms with Crippen LogP contribution in [0.2, 0.25) is 0 Å². The molecule has 0 amide bonds. The molecule has 0 spiro atoms. The third-order valence-electron chi connectivity index (χ3n) is 8.08. The van der Waals surface area contributed by atoms with E-state index in [0.717, 1.165) is 22.3 Å². The zero-order valence-electron chi connectivity index (χ0n) is 29.0. The van der Waals surface area contributed by atoms with Crippen LogP contribution in [0.1, 0.15) is 117 Å². The normalized spacial score (nSPS) is 18.1. The van der Waals surface area contributed by atoms with Gasteiger partial charge in [-0.15, -0.1) is 0 Å². The van der Waals surface area contributed by atoms with E-state index in [1.807, 2.05) is 54.6 Å². The number of carbonyl (C=O) groups excluding carboxylic acids is 2. The van der Waals surface area contributed by atoms with Gasteiger partial charge in [-0.1, -0.05) is 138 Å². The van der Waals surface area contributed by atoms with Gasteiger partial charge in [0.05, 0.1) is 0 Å². The number of esters is 2. The van der Waals surface area contributed by atoms with Gasteiger partial charge in [-0.2, -0.15) is 0 Å². The monoisotopic (exact) mass is 614 g/mol. The van der Waals surface area contributed by atoms with Crippen LogP contribution in [0.3, 0.4) is 0 Å². The zero-order valence-corrected chi connectivity index (χ0v) is 29.0. The largest absolute Gasteiger partial charge is 0.424 e. The SMILES string of the molecule is CC(C)(C)c1ccc(OC(=O)[C@@H]2OC(c3ccccc3)O[C@H]2C(=O)Oc2ccc(C(C)(C)C)cc2C(C)(C)C)c(C(C)(C)C)c1. The van der Waals surface area contributed by atoms with Gasteiger partial charge in [-0.05, 0) is 44.9 Å². The molecule has 1 heterocycles. The quantitative estimate of drug-likeness (QED) is 0.211. The highest BCUT2D eigenvalue weighted by Crippen LogP contribution is 2.39. The van der Waals surface area contributed by atoms with Gasteiger partial charge in [-0.25, -0.2) is 9.59 Å². The van der Waals surface area contributed by atoms with Crippen molar-refractivity contribution < 1.29 is 28.5 Å². The Morgan fingerprint density at radius 3 is 1.24 bits per heavy atom. The average molecular weight is 615 g/mol. The number of carbonyl (C=O) groups is 2. The molecule has 0 radical (unpaired) electrons. The Labute approximate surface area is 269 Å². The predicted octanol–water partition coefficient (Wildman–Crippen LogP) is 8.87. The number of benzene rings is 3. The van der Waals surface area contributed by atoms with Crippen molar-refractivity contribution in [2.24, 2.45) is 0 Å². The Bertz CT molecular complexity index is 1430. The second-order valence-corrected chi connectivity index (χ2v) is 16.1. The minimum Gasteiger partial charge on any atom is -0.424 e. The van der Waals surface area contributed by atoms with Gasteiger partial charge < -0.3 is 18.9 Å². The highest BCUT2D eigenvalue weighted by atomic mass is 16.8. The smallest absolute Gasteiger partial charge is 0.344 e. The van der Waals surface area contributed by atoms with Gasteiger partial charge in [0.15, 0.2) is 18.5 Å². The predicted molar refractivity (Wildman–Crippen MR) is 178 cm³/mol. The van der Waals surface area contributed by atoms with Crippen LogP contribution >= 0.6 is 0 Å². The van der Waals surface area contributed by atoms with Gasteiger partial charge in [0.25, 0.3) is 0 Å². The molecule has 3 aromatic rings. The first-order valence-electron chi connectivity index (χ1n) is 15.8. The summed E-state index contributed by atoms with van der Waals surface area (Å²) < 4.78 is 24.3. The summed E-state index contributed by atoms with van der Waals surface area (Å²) in [6, 6.07) is 21.0. The molecule has 45 heavy (non-hydrogen) atoms. The molecule has 1 aliphatic rings. The number of hydrogen-bond donors (Lipinski definition) is 0. The lowest BCUT2D eigenvalue weighted by Crippen LogP contribution is -2.42. The highest BCUT2D eigenvalue weighted by Gasteiger charge is 2.48. The van der Waals surface area contributed by atoms with Gasteiger partial charge in [0.2, 0.25) is 0 Å². The summed E-state index contributed by atoms with van der Waals surface area (Å²) in [6.45, 7) is 25.3. The molecule has 0 aliphatic carbocycles. The molecule has 6 nitrogen and oxygen atoms in total. The molecule has 1 fully saturated rings. The van der Waals surface area contributed by atoms with Crippen LogP contribution in [0.15, 0.2) is 66.7 Å². The van der Waals surface area contributed by atoms with Gasteiger partial charge >= 0.3 is 11.9 Å². The molecular formula is C39H50O6. The molecule has 4 rings (SSSR count). The van der Waals surface area contributed by atoms with E-state index in [-0.39, 0.29) is 21.7 Å². The summed E-state index contributed by atoms with van der Waals surface area (Å²) in [5, 5.41) is 0. The molecule has 0 saturated carbocycles. The second-order valence-electron chi connectivity index (χ2n) is 16.1. The molecule has 3 aromatic carbocycles. The number of hydrogen-bond acceptors (Lipinski definition) is 6. The van der Waals surface area contributed by atoms with Crippen molar-refractivity contribution in [3.63, 3.8) is 0 Å². The number of rotatable bonds is 5. The maximum atomic E-state index is 13.9. The maximum Gasteiger partial charge on any atom is 0.344 e. The Balaban J connectivity index is 1.69. The first-order valence-corrected chi connectivity index (χ1v) is 15.8. The molecule has 1 aliphatic heterocycles. The summed E-state index contributed by atoms with van der Waals surface area (Å²) in [7, 11) is 0. The first kappa shape index (κ1) is 34.4. The van der Waals surface area contributed by atoms with Crippen molar-refractivity contribution in [3.8, 4) is 11.5 Å². The topological polar surface area (TPSA) is 71.1 Å². The second kappa shape index (κ2) is 12.4. The Morgan fingerprint density at radius 1 is 0.533 bits per heavy atom. The van der Waals surface area contributed by atoms with Crippen molar-refractivity contribution in [2.45, 2.75) is 123 Å². The van der Waals surface area contributed by atoms with Gasteiger partial charge in [0.1, 0.15) is 11.5 Å². The summed E-state index contributed by atoms with van der Waals surface area (Å²) in [4.78, 5) is 27.7. The van der Waals surface area contributed by atoms with Crippen molar-refractivity contribution in [3.05, 3.63) is 94.5 Å². The van der Waals surface area contributed by atoms with Gasteiger partial charge in [-0.3, -0.25) is 0 Å². The molecule has 0 N–H and O–H groups in total. The Hall–Kier alpha value is -3.48. The van der Waals surface area contributed by atoms with E-state index in [9.17, 15) is 9.59 Å². The maximum absolute atomic E-state index is 13.9. The van der Waals surface area contributed by atoms with Crippen molar-refractivity contribution >= 4 is 11.9 Å². The van der Waals surface area contributed by atoms with E-state index in [4.69, 9.17) is 18.9 Å². The molecule has 1 saturated heterocycles. The van der Waals surface area contributed by atoms with Crippen molar-refractivity contribution in [1.82, 2.24) is 0 Å². The van der Waals surface area contributed by atoms with E-state index < -0.39 is 30.4 Å². The molecule has 0 aromatic heterocycles. The lowest BCUT2D eigenvalue weighted by Gasteiger charge is -2.28. The van der Waals surface area contributed by atoms with Crippen LogP contribution in [0.25, 0.3) is 0 Å². The first-order chi connectivity index (χ1) is 20.7. The van der Waals surface area contributed by atoms with Crippen LogP contribution in [-0.2, 0) is 40.7 Å². The van der Waals surface area contributed by atoms with Crippen LogP contribution in [0, 0.1) is 0 Å². The van der Waals surface area contributed by atoms with Crippen LogP contribution < -0.4 is 9.47 Å². The Morgan fingerprint density at radius 2 is 0.911 bits per heavy atom. The van der Waals surface area contributed by atoms with Crippen LogP contribution in [0.5, 0.6) is 11.5 Å². The number of ether oxygens (including phenoxy) is 4. The summed E-state index contributed by atoms with van der Waals surface area (Å²) in [5.74, 6) is -0.591. The minimum atomic E-state index is -1.34. The third-order valence-corrected chi connectivity index (χ3v) is 8.08. The van der Waals surface area contributed by atoms with Crippen molar-refractivity contribution in [1.29, 1.82) is 0 Å². The Kier molecular flexibility index (Phi) is 9.46. The fourth-order valence-electron chi connectivity index (χ4n) is 5.24. The van der Waals surface area contributed by atoms with E-state index in [1.54, 1.807) is 0 Å². The molecule has 0 bridgehead atoms. The summed E-state index contributed by atoms with van der Waals surface area (Å²) in [6.07, 6.45) is -3.63. The molecule has 242 valence electrons. The lowest BCUT2D eigenvalue weighted by molar-refractivity contribution is -0.153. The summed E-state index contributed by atoms with van der Waals surface area (Å²) in [5.41, 5.74) is 3.93. The van der Waals surface area contributed by atoms with Crippen LogP contribution in [0.4, 0.5) is 0 Å². The molecule has 2 atom stereocenters. The van der Waals surface area contributed by atoms with E-state index >= 15 is 0 Å². The lowest BCUT2D eigenvalue weighted by atomic mass is 9.80. The molecule has 6 heteroatoms. The van der Waals surface area contributed by atoms with Crippen molar-refractivity contribution in [2.75, 3.05) is 0 Å². The fraction of sp³-hybridized carbons (Fsp3) is 0.487. The fourth-order valence-corrected chi connectivity index (χ4v) is 5.24. The highest BCUT2D eigenvalue weighted by molar-refractivity contribution is 5.88. The molecular weight excluding hydrogens is 564 g/mol. The van der Waals surface area contributed by atoms with E-state index in [2.05, 4.69) is 95.2 Å². The van der Waals surface area contributed by atoms with E-state index in [1.165, 1.54) is 0 Å².